The van der Waals surface area contributed by atoms with Gasteiger partial charge < -0.3 is 9.47 Å². The van der Waals surface area contributed by atoms with Crippen molar-refractivity contribution in [3.05, 3.63) is 47.3 Å². The highest BCUT2D eigenvalue weighted by Gasteiger charge is 2.18. The van der Waals surface area contributed by atoms with E-state index in [0.29, 0.717) is 29.2 Å². The number of hydrogen-bond acceptors (Lipinski definition) is 5. The Hall–Kier alpha value is -2.81. The summed E-state index contributed by atoms with van der Waals surface area (Å²) in [7, 11) is 1.72. The third-order valence-corrected chi connectivity index (χ3v) is 2.93. The van der Waals surface area contributed by atoms with Gasteiger partial charge in [-0.3, -0.25) is 4.68 Å². The van der Waals surface area contributed by atoms with Crippen molar-refractivity contribution < 1.29 is 14.3 Å². The highest BCUT2D eigenvalue weighted by molar-refractivity contribution is 5.90. The topological polar surface area (TPSA) is 77.1 Å². The molecular formula is C15H15N3O3. The lowest BCUT2D eigenvalue weighted by molar-refractivity contribution is 0.0523. The zero-order valence-electron chi connectivity index (χ0n) is 11.9. The van der Waals surface area contributed by atoms with Gasteiger partial charge in [0, 0.05) is 7.05 Å². The standard InChI is InChI=1S/C15H15N3O3/c1-3-20-15(19)12-9-17-18(2)13(12)10-21-14-7-5-4-6-11(14)8-16/h4-7,9H,3,10H2,1-2H3. The van der Waals surface area contributed by atoms with Crippen molar-refractivity contribution >= 4 is 5.97 Å². The predicted molar refractivity (Wildman–Crippen MR) is 74.7 cm³/mol. The molecule has 1 aromatic carbocycles. The van der Waals surface area contributed by atoms with Gasteiger partial charge in [0.15, 0.2) is 0 Å². The highest BCUT2D eigenvalue weighted by Crippen LogP contribution is 2.19. The molecule has 0 aliphatic rings. The summed E-state index contributed by atoms with van der Waals surface area (Å²) in [6, 6.07) is 8.98. The molecule has 0 aliphatic carbocycles. The second-order valence-corrected chi connectivity index (χ2v) is 4.25. The van der Waals surface area contributed by atoms with Crippen LogP contribution in [0.2, 0.25) is 0 Å². The molecule has 0 atom stereocenters. The Labute approximate surface area is 122 Å². The minimum absolute atomic E-state index is 0.128. The van der Waals surface area contributed by atoms with Crippen LogP contribution in [0.15, 0.2) is 30.5 Å². The Morgan fingerprint density at radius 1 is 1.43 bits per heavy atom. The van der Waals surface area contributed by atoms with Crippen molar-refractivity contribution in [2.75, 3.05) is 6.61 Å². The molecule has 0 saturated carbocycles. The lowest BCUT2D eigenvalue weighted by Gasteiger charge is -2.09. The van der Waals surface area contributed by atoms with Crippen LogP contribution < -0.4 is 4.74 Å². The molecule has 6 heteroatoms. The number of aryl methyl sites for hydroxylation is 1. The average Bonchev–Trinajstić information content (AvgIpc) is 2.86. The Morgan fingerprint density at radius 3 is 2.90 bits per heavy atom. The summed E-state index contributed by atoms with van der Waals surface area (Å²) in [5, 5.41) is 13.1. The summed E-state index contributed by atoms with van der Waals surface area (Å²) in [6.07, 6.45) is 1.45. The van der Waals surface area contributed by atoms with Crippen LogP contribution in [0.3, 0.4) is 0 Å². The average molecular weight is 285 g/mol. The third-order valence-electron chi connectivity index (χ3n) is 2.93. The predicted octanol–water partition coefficient (Wildman–Crippen LogP) is 2.05. The van der Waals surface area contributed by atoms with Gasteiger partial charge in [0.1, 0.15) is 24.0 Å². The number of carbonyl (C=O) groups excluding carboxylic acids is 1. The number of ether oxygens (including phenoxy) is 2. The first-order valence-electron chi connectivity index (χ1n) is 6.47. The quantitative estimate of drug-likeness (QED) is 0.786. The van der Waals surface area contributed by atoms with Gasteiger partial charge in [0.25, 0.3) is 0 Å². The Kier molecular flexibility index (Phi) is 4.57. The first-order chi connectivity index (χ1) is 10.2. The van der Waals surface area contributed by atoms with Crippen LogP contribution in [-0.2, 0) is 18.4 Å². The number of nitrogens with zero attached hydrogens (tertiary/aromatic N) is 3. The summed E-state index contributed by atoms with van der Waals surface area (Å²) in [6.45, 7) is 2.17. The van der Waals surface area contributed by atoms with Crippen molar-refractivity contribution in [3.8, 4) is 11.8 Å². The summed E-state index contributed by atoms with van der Waals surface area (Å²) >= 11 is 0. The zero-order chi connectivity index (χ0) is 15.2. The SMILES string of the molecule is CCOC(=O)c1cnn(C)c1COc1ccccc1C#N. The van der Waals surface area contributed by atoms with Crippen LogP contribution in [0.1, 0.15) is 28.5 Å². The normalized spacial score (nSPS) is 9.95. The fraction of sp³-hybridized carbons (Fsp3) is 0.267. The van der Waals surface area contributed by atoms with Crippen molar-refractivity contribution in [2.45, 2.75) is 13.5 Å². The van der Waals surface area contributed by atoms with Crippen molar-refractivity contribution in [2.24, 2.45) is 7.05 Å². The molecule has 21 heavy (non-hydrogen) atoms. The van der Waals surface area contributed by atoms with Gasteiger partial charge >= 0.3 is 5.97 Å². The molecule has 0 radical (unpaired) electrons. The number of carbonyl (C=O) groups is 1. The van der Waals surface area contributed by atoms with E-state index in [0.717, 1.165) is 0 Å². The molecule has 0 aliphatic heterocycles. The first kappa shape index (κ1) is 14.6. The zero-order valence-corrected chi connectivity index (χ0v) is 11.9. The number of para-hydroxylation sites is 1. The Morgan fingerprint density at radius 2 is 2.19 bits per heavy atom. The monoisotopic (exact) mass is 285 g/mol. The molecule has 0 fully saturated rings. The maximum Gasteiger partial charge on any atom is 0.341 e. The maximum atomic E-state index is 11.8. The second-order valence-electron chi connectivity index (χ2n) is 4.25. The van der Waals surface area contributed by atoms with Crippen molar-refractivity contribution in [3.63, 3.8) is 0 Å². The van der Waals surface area contributed by atoms with Gasteiger partial charge in [-0.15, -0.1) is 0 Å². The minimum Gasteiger partial charge on any atom is -0.486 e. The molecule has 1 aromatic heterocycles. The molecule has 1 heterocycles. The number of rotatable bonds is 5. The maximum absolute atomic E-state index is 11.8. The number of aromatic nitrogens is 2. The van der Waals surface area contributed by atoms with E-state index >= 15 is 0 Å². The van der Waals surface area contributed by atoms with E-state index in [1.807, 2.05) is 0 Å². The van der Waals surface area contributed by atoms with Gasteiger partial charge in [-0.25, -0.2) is 4.79 Å². The molecule has 108 valence electrons. The first-order valence-corrected chi connectivity index (χ1v) is 6.47. The number of hydrogen-bond donors (Lipinski definition) is 0. The summed E-state index contributed by atoms with van der Waals surface area (Å²) in [5.41, 5.74) is 1.41. The smallest absolute Gasteiger partial charge is 0.341 e. The van der Waals surface area contributed by atoms with Crippen molar-refractivity contribution in [1.82, 2.24) is 9.78 Å². The largest absolute Gasteiger partial charge is 0.486 e. The van der Waals surface area contributed by atoms with E-state index in [4.69, 9.17) is 14.7 Å². The Balaban J connectivity index is 2.19. The molecule has 2 aromatic rings. The molecule has 0 N–H and O–H groups in total. The van der Waals surface area contributed by atoms with Crippen LogP contribution in [0, 0.1) is 11.3 Å². The van der Waals surface area contributed by atoms with E-state index < -0.39 is 5.97 Å². The second kappa shape index (κ2) is 6.57. The summed E-state index contributed by atoms with van der Waals surface area (Å²) in [4.78, 5) is 11.8. The van der Waals surface area contributed by atoms with Gasteiger partial charge in [-0.1, -0.05) is 12.1 Å². The third kappa shape index (κ3) is 3.20. The molecule has 0 saturated heterocycles. The molecule has 0 bridgehead atoms. The fourth-order valence-electron chi connectivity index (χ4n) is 1.84. The van der Waals surface area contributed by atoms with Gasteiger partial charge in [0.2, 0.25) is 0 Å². The van der Waals surface area contributed by atoms with Crippen molar-refractivity contribution in [1.29, 1.82) is 5.26 Å². The number of benzene rings is 1. The number of nitriles is 1. The summed E-state index contributed by atoms with van der Waals surface area (Å²) < 4.78 is 12.2. The number of esters is 1. The van der Waals surface area contributed by atoms with Gasteiger partial charge in [-0.2, -0.15) is 10.4 Å². The van der Waals surface area contributed by atoms with E-state index in [1.54, 1.807) is 42.9 Å². The molecule has 0 amide bonds. The summed E-state index contributed by atoms with van der Waals surface area (Å²) in [5.74, 6) is 0.0359. The van der Waals surface area contributed by atoms with Gasteiger partial charge in [0.05, 0.1) is 24.1 Å². The molecular weight excluding hydrogens is 270 g/mol. The Bertz CT molecular complexity index is 686. The van der Waals surface area contributed by atoms with Crippen LogP contribution in [0.25, 0.3) is 0 Å². The van der Waals surface area contributed by atoms with E-state index in [1.165, 1.54) is 6.20 Å². The molecule has 6 nitrogen and oxygen atoms in total. The van der Waals surface area contributed by atoms with Crippen LogP contribution in [0.4, 0.5) is 0 Å². The van der Waals surface area contributed by atoms with Gasteiger partial charge in [-0.05, 0) is 19.1 Å². The molecule has 0 spiro atoms. The van der Waals surface area contributed by atoms with E-state index in [-0.39, 0.29) is 6.61 Å². The van der Waals surface area contributed by atoms with E-state index in [2.05, 4.69) is 11.2 Å². The minimum atomic E-state index is -0.433. The lowest BCUT2D eigenvalue weighted by atomic mass is 10.2. The highest BCUT2D eigenvalue weighted by atomic mass is 16.5. The lowest BCUT2D eigenvalue weighted by Crippen LogP contribution is -2.11. The van der Waals surface area contributed by atoms with E-state index in [9.17, 15) is 4.79 Å². The van der Waals surface area contributed by atoms with Crippen LogP contribution in [0.5, 0.6) is 5.75 Å². The van der Waals surface area contributed by atoms with Crippen LogP contribution >= 0.6 is 0 Å². The van der Waals surface area contributed by atoms with Crippen LogP contribution in [-0.4, -0.2) is 22.4 Å². The molecule has 0 unspecified atom stereocenters. The fourth-order valence-corrected chi connectivity index (χ4v) is 1.84. The molecule has 2 rings (SSSR count).